The van der Waals surface area contributed by atoms with Crippen LogP contribution in [0.4, 0.5) is 0 Å². The van der Waals surface area contributed by atoms with E-state index < -0.39 is 79.2 Å². The van der Waals surface area contributed by atoms with Gasteiger partial charge in [-0.25, -0.2) is 4.79 Å². The first kappa shape index (κ1) is 28.7. The molecule has 4 atom stereocenters. The lowest BCUT2D eigenvalue weighted by Crippen LogP contribution is -2.58. The zero-order valence-corrected chi connectivity index (χ0v) is 17.3. The predicted molar refractivity (Wildman–Crippen MR) is 107 cm³/mol. The summed E-state index contributed by atoms with van der Waals surface area (Å²) in [5.41, 5.74) is 15.8. The molecule has 0 aliphatic rings. The van der Waals surface area contributed by atoms with Gasteiger partial charge < -0.3 is 48.5 Å². The quantitative estimate of drug-likeness (QED) is 0.0982. The molecular weight excluding hydrogens is 432 g/mol. The molecule has 0 bridgehead atoms. The van der Waals surface area contributed by atoms with Crippen molar-refractivity contribution >= 4 is 35.6 Å². The van der Waals surface area contributed by atoms with Crippen molar-refractivity contribution in [1.82, 2.24) is 16.0 Å². The lowest BCUT2D eigenvalue weighted by atomic mass is 10.1. The Morgan fingerprint density at radius 1 is 0.781 bits per heavy atom. The number of primary amides is 1. The third kappa shape index (κ3) is 11.2. The third-order valence-corrected chi connectivity index (χ3v) is 4.15. The van der Waals surface area contributed by atoms with Gasteiger partial charge in [0.1, 0.15) is 18.1 Å². The number of nitrogens with one attached hydrogen (secondary N) is 3. The lowest BCUT2D eigenvalue weighted by molar-refractivity contribution is -0.143. The largest absolute Gasteiger partial charge is 0.481 e. The van der Waals surface area contributed by atoms with Crippen LogP contribution in [-0.2, 0) is 28.8 Å². The summed E-state index contributed by atoms with van der Waals surface area (Å²) in [5.74, 6) is -6.90. The number of aliphatic hydroxyl groups excluding tert-OH is 1. The molecule has 182 valence electrons. The summed E-state index contributed by atoms with van der Waals surface area (Å²) in [6.07, 6.45) is -0.467. The number of hydrogen-bond donors (Lipinski definition) is 9. The molecule has 15 heteroatoms. The first-order chi connectivity index (χ1) is 14.9. The maximum atomic E-state index is 12.5. The summed E-state index contributed by atoms with van der Waals surface area (Å²) in [5, 5.41) is 33.6. The highest BCUT2D eigenvalue weighted by atomic mass is 16.4. The standard InChI is InChI=1S/C17H30N6O9/c18-4-2-1-3-9(17(31)32)21-16(30)11(7-24)23-15(29)10(6-12(20)25)22-14(28)8(19)5-13(26)27/h8-11,24H,1-7,18-19H2,(H2,20,25)(H,21,30)(H,22,28)(H,23,29)(H,26,27)(H,31,32). The summed E-state index contributed by atoms with van der Waals surface area (Å²) in [6.45, 7) is -0.596. The van der Waals surface area contributed by atoms with Crippen molar-refractivity contribution in [3.63, 3.8) is 0 Å². The van der Waals surface area contributed by atoms with Gasteiger partial charge in [-0.2, -0.15) is 0 Å². The maximum Gasteiger partial charge on any atom is 0.326 e. The van der Waals surface area contributed by atoms with Crippen molar-refractivity contribution in [3.05, 3.63) is 0 Å². The molecule has 0 saturated heterocycles. The fourth-order valence-corrected chi connectivity index (χ4v) is 2.46. The molecule has 4 amide bonds. The van der Waals surface area contributed by atoms with Gasteiger partial charge in [0.05, 0.1) is 25.5 Å². The monoisotopic (exact) mass is 462 g/mol. The van der Waals surface area contributed by atoms with Crippen LogP contribution >= 0.6 is 0 Å². The number of aliphatic hydroxyl groups is 1. The Labute approximate surface area is 183 Å². The molecule has 0 fully saturated rings. The highest BCUT2D eigenvalue weighted by Crippen LogP contribution is 2.02. The van der Waals surface area contributed by atoms with Gasteiger partial charge in [0.25, 0.3) is 0 Å². The van der Waals surface area contributed by atoms with E-state index in [1.165, 1.54) is 0 Å². The summed E-state index contributed by atoms with van der Waals surface area (Å²) in [4.78, 5) is 69.9. The van der Waals surface area contributed by atoms with Gasteiger partial charge in [0.2, 0.25) is 23.6 Å². The number of aliphatic carboxylic acids is 2. The lowest BCUT2D eigenvalue weighted by Gasteiger charge is -2.23. The minimum Gasteiger partial charge on any atom is -0.481 e. The Morgan fingerprint density at radius 2 is 1.31 bits per heavy atom. The molecule has 0 spiro atoms. The zero-order chi connectivity index (χ0) is 24.8. The number of unbranched alkanes of at least 4 members (excludes halogenated alkanes) is 1. The molecule has 0 saturated carbocycles. The van der Waals surface area contributed by atoms with Crippen molar-refractivity contribution in [3.8, 4) is 0 Å². The van der Waals surface area contributed by atoms with E-state index in [1.807, 2.05) is 0 Å². The molecule has 0 aromatic carbocycles. The first-order valence-electron chi connectivity index (χ1n) is 9.63. The number of carbonyl (C=O) groups is 6. The van der Waals surface area contributed by atoms with Crippen LogP contribution in [0.15, 0.2) is 0 Å². The van der Waals surface area contributed by atoms with Gasteiger partial charge in [-0.05, 0) is 25.8 Å². The van der Waals surface area contributed by atoms with Gasteiger partial charge in [-0.3, -0.25) is 24.0 Å². The molecule has 32 heavy (non-hydrogen) atoms. The summed E-state index contributed by atoms with van der Waals surface area (Å²) >= 11 is 0. The molecule has 0 aliphatic heterocycles. The zero-order valence-electron chi connectivity index (χ0n) is 17.3. The van der Waals surface area contributed by atoms with Crippen LogP contribution in [0, 0.1) is 0 Å². The second-order valence-electron chi connectivity index (χ2n) is 6.86. The number of rotatable bonds is 16. The fourth-order valence-electron chi connectivity index (χ4n) is 2.46. The Bertz CT molecular complexity index is 702. The van der Waals surface area contributed by atoms with Crippen molar-refractivity contribution in [2.45, 2.75) is 56.3 Å². The van der Waals surface area contributed by atoms with Gasteiger partial charge >= 0.3 is 11.9 Å². The number of carboxylic acid groups (broad SMARTS) is 2. The predicted octanol–water partition coefficient (Wildman–Crippen LogP) is -4.68. The fraction of sp³-hybridized carbons (Fsp3) is 0.647. The molecular formula is C17H30N6O9. The van der Waals surface area contributed by atoms with Crippen molar-refractivity contribution in [2.24, 2.45) is 17.2 Å². The maximum absolute atomic E-state index is 12.5. The summed E-state index contributed by atoms with van der Waals surface area (Å²) < 4.78 is 0. The Balaban J connectivity index is 5.21. The van der Waals surface area contributed by atoms with Crippen molar-refractivity contribution in [2.75, 3.05) is 13.2 Å². The van der Waals surface area contributed by atoms with Crippen molar-refractivity contribution in [1.29, 1.82) is 0 Å². The Kier molecular flexibility index (Phi) is 13.1. The van der Waals surface area contributed by atoms with Crippen molar-refractivity contribution < 1.29 is 44.1 Å². The van der Waals surface area contributed by atoms with E-state index in [2.05, 4.69) is 16.0 Å². The SMILES string of the molecule is NCCCCC(NC(=O)C(CO)NC(=O)C(CC(N)=O)NC(=O)C(N)CC(=O)O)C(=O)O. The van der Waals surface area contributed by atoms with Gasteiger partial charge in [0.15, 0.2) is 0 Å². The number of amides is 4. The van der Waals surface area contributed by atoms with Gasteiger partial charge in [-0.15, -0.1) is 0 Å². The van der Waals surface area contributed by atoms with Crippen LogP contribution in [0.5, 0.6) is 0 Å². The number of carboxylic acids is 2. The summed E-state index contributed by atoms with van der Waals surface area (Å²) in [7, 11) is 0. The molecule has 0 radical (unpaired) electrons. The van der Waals surface area contributed by atoms with E-state index in [-0.39, 0.29) is 6.42 Å². The van der Waals surface area contributed by atoms with E-state index in [0.29, 0.717) is 19.4 Å². The van der Waals surface area contributed by atoms with Crippen LogP contribution in [0.25, 0.3) is 0 Å². The van der Waals surface area contributed by atoms with Crippen LogP contribution < -0.4 is 33.2 Å². The van der Waals surface area contributed by atoms with Gasteiger partial charge in [-0.1, -0.05) is 0 Å². The first-order valence-corrected chi connectivity index (χ1v) is 9.63. The molecule has 15 nitrogen and oxygen atoms in total. The average Bonchev–Trinajstić information content (AvgIpc) is 2.69. The number of nitrogens with two attached hydrogens (primary N) is 3. The van der Waals surface area contributed by atoms with Crippen LogP contribution in [0.2, 0.25) is 0 Å². The van der Waals surface area contributed by atoms with Crippen LogP contribution in [0.3, 0.4) is 0 Å². The van der Waals surface area contributed by atoms with E-state index in [9.17, 15) is 39.0 Å². The number of hydrogen-bond acceptors (Lipinski definition) is 9. The van der Waals surface area contributed by atoms with E-state index in [0.717, 1.165) is 0 Å². The second kappa shape index (κ2) is 14.7. The van der Waals surface area contributed by atoms with Crippen LogP contribution in [-0.4, -0.2) is 88.2 Å². The minimum absolute atomic E-state index is 0.0617. The number of carbonyl (C=O) groups excluding carboxylic acids is 4. The topological polar surface area (TPSA) is 277 Å². The smallest absolute Gasteiger partial charge is 0.326 e. The molecule has 0 aliphatic carbocycles. The second-order valence-corrected chi connectivity index (χ2v) is 6.86. The summed E-state index contributed by atoms with van der Waals surface area (Å²) in [6, 6.07) is -6.06. The normalized spacial score (nSPS) is 14.3. The third-order valence-electron chi connectivity index (χ3n) is 4.15. The Morgan fingerprint density at radius 3 is 1.78 bits per heavy atom. The van der Waals surface area contributed by atoms with E-state index in [4.69, 9.17) is 22.3 Å². The molecule has 0 aromatic rings. The highest BCUT2D eigenvalue weighted by molar-refractivity contribution is 5.96. The molecule has 0 rings (SSSR count). The van der Waals surface area contributed by atoms with E-state index >= 15 is 0 Å². The average molecular weight is 462 g/mol. The van der Waals surface area contributed by atoms with Crippen LogP contribution in [0.1, 0.15) is 32.1 Å². The van der Waals surface area contributed by atoms with Gasteiger partial charge in [0, 0.05) is 0 Å². The molecule has 12 N–H and O–H groups in total. The minimum atomic E-state index is -1.62. The molecule has 0 aromatic heterocycles. The Hall–Kier alpha value is -3.30. The molecule has 0 heterocycles. The molecule has 4 unspecified atom stereocenters. The highest BCUT2D eigenvalue weighted by Gasteiger charge is 2.31. The van der Waals surface area contributed by atoms with E-state index in [1.54, 1.807) is 0 Å².